The third-order valence-corrected chi connectivity index (χ3v) is 2.69. The Balaban J connectivity index is 1.84. The highest BCUT2D eigenvalue weighted by atomic mass is 16.5. The molecule has 0 radical (unpaired) electrons. The summed E-state index contributed by atoms with van der Waals surface area (Å²) in [6, 6.07) is 5.54. The molecule has 0 unspecified atom stereocenters. The van der Waals surface area contributed by atoms with Crippen molar-refractivity contribution in [2.24, 2.45) is 0 Å². The SMILES string of the molecule is [O-][n+]1ccccc1CCN1CCOCC1. The molecule has 0 atom stereocenters. The van der Waals surface area contributed by atoms with E-state index in [4.69, 9.17) is 4.74 Å². The van der Waals surface area contributed by atoms with Crippen molar-refractivity contribution in [2.45, 2.75) is 6.42 Å². The molecular formula is C11H16N2O2. The van der Waals surface area contributed by atoms with Gasteiger partial charge in [-0.15, -0.1) is 0 Å². The minimum absolute atomic E-state index is 0.810. The molecular weight excluding hydrogens is 192 g/mol. The molecule has 0 aliphatic carbocycles. The summed E-state index contributed by atoms with van der Waals surface area (Å²) in [5, 5.41) is 11.4. The Hall–Kier alpha value is -1.13. The van der Waals surface area contributed by atoms with Gasteiger partial charge in [0, 0.05) is 38.2 Å². The van der Waals surface area contributed by atoms with Crippen LogP contribution in [0.5, 0.6) is 0 Å². The molecule has 1 fully saturated rings. The lowest BCUT2D eigenvalue weighted by Crippen LogP contribution is -2.39. The van der Waals surface area contributed by atoms with E-state index in [-0.39, 0.29) is 0 Å². The molecule has 1 aromatic rings. The van der Waals surface area contributed by atoms with E-state index >= 15 is 0 Å². The number of ether oxygens (including phenoxy) is 1. The van der Waals surface area contributed by atoms with Gasteiger partial charge in [0.05, 0.1) is 13.2 Å². The first-order chi connectivity index (χ1) is 7.36. The lowest BCUT2D eigenvalue weighted by Gasteiger charge is -2.26. The van der Waals surface area contributed by atoms with Gasteiger partial charge >= 0.3 is 0 Å². The average molecular weight is 208 g/mol. The maximum atomic E-state index is 11.4. The second-order valence-corrected chi connectivity index (χ2v) is 3.72. The van der Waals surface area contributed by atoms with Crippen molar-refractivity contribution in [1.82, 2.24) is 4.90 Å². The highest BCUT2D eigenvalue weighted by Crippen LogP contribution is 1.99. The molecule has 0 bridgehead atoms. The minimum atomic E-state index is 0.810. The second-order valence-electron chi connectivity index (χ2n) is 3.72. The number of aromatic nitrogens is 1. The van der Waals surface area contributed by atoms with Crippen molar-refractivity contribution < 1.29 is 9.47 Å². The van der Waals surface area contributed by atoms with Gasteiger partial charge in [0.15, 0.2) is 11.9 Å². The van der Waals surface area contributed by atoms with Crippen LogP contribution in [0, 0.1) is 5.21 Å². The van der Waals surface area contributed by atoms with Gasteiger partial charge < -0.3 is 9.94 Å². The molecule has 1 aliphatic rings. The highest BCUT2D eigenvalue weighted by molar-refractivity contribution is 4.98. The van der Waals surface area contributed by atoms with Gasteiger partial charge in [-0.2, -0.15) is 4.73 Å². The maximum absolute atomic E-state index is 11.4. The first kappa shape index (κ1) is 10.4. The molecule has 0 spiro atoms. The molecule has 2 heterocycles. The van der Waals surface area contributed by atoms with E-state index in [2.05, 4.69) is 4.90 Å². The van der Waals surface area contributed by atoms with Gasteiger partial charge in [0.1, 0.15) is 0 Å². The predicted octanol–water partition coefficient (Wildman–Crippen LogP) is 0.195. The molecule has 0 aromatic carbocycles. The smallest absolute Gasteiger partial charge is 0.194 e. The van der Waals surface area contributed by atoms with Gasteiger partial charge in [-0.05, 0) is 0 Å². The van der Waals surface area contributed by atoms with Crippen molar-refractivity contribution in [3.63, 3.8) is 0 Å². The number of nitrogens with zero attached hydrogens (tertiary/aromatic N) is 2. The summed E-state index contributed by atoms with van der Waals surface area (Å²) in [7, 11) is 0. The number of hydrogen-bond donors (Lipinski definition) is 0. The van der Waals surface area contributed by atoms with Crippen LogP contribution in [0.1, 0.15) is 5.69 Å². The van der Waals surface area contributed by atoms with Crippen LogP contribution >= 0.6 is 0 Å². The van der Waals surface area contributed by atoms with Crippen LogP contribution in [-0.2, 0) is 11.2 Å². The Kier molecular flexibility index (Phi) is 3.53. The highest BCUT2D eigenvalue weighted by Gasteiger charge is 2.12. The summed E-state index contributed by atoms with van der Waals surface area (Å²) in [6.45, 7) is 4.52. The van der Waals surface area contributed by atoms with Crippen LogP contribution in [0.25, 0.3) is 0 Å². The molecule has 2 rings (SSSR count). The summed E-state index contributed by atoms with van der Waals surface area (Å²) in [5.41, 5.74) is 0.837. The lowest BCUT2D eigenvalue weighted by molar-refractivity contribution is -0.614. The predicted molar refractivity (Wildman–Crippen MR) is 56.4 cm³/mol. The molecule has 4 nitrogen and oxygen atoms in total. The van der Waals surface area contributed by atoms with E-state index in [1.165, 1.54) is 0 Å². The van der Waals surface area contributed by atoms with E-state index in [1.54, 1.807) is 12.3 Å². The third kappa shape index (κ3) is 2.91. The van der Waals surface area contributed by atoms with Gasteiger partial charge in [-0.1, -0.05) is 6.07 Å². The maximum Gasteiger partial charge on any atom is 0.194 e. The fraction of sp³-hybridized carbons (Fsp3) is 0.545. The molecule has 15 heavy (non-hydrogen) atoms. The molecule has 82 valence electrons. The summed E-state index contributed by atoms with van der Waals surface area (Å²) in [6.07, 6.45) is 2.36. The quantitative estimate of drug-likeness (QED) is 0.526. The summed E-state index contributed by atoms with van der Waals surface area (Å²) < 4.78 is 6.21. The third-order valence-electron chi connectivity index (χ3n) is 2.69. The Labute approximate surface area is 89.7 Å². The molecule has 1 aliphatic heterocycles. The van der Waals surface area contributed by atoms with Crippen molar-refractivity contribution in [2.75, 3.05) is 32.8 Å². The van der Waals surface area contributed by atoms with E-state index in [0.717, 1.165) is 49.7 Å². The Morgan fingerprint density at radius 2 is 2.13 bits per heavy atom. The first-order valence-corrected chi connectivity index (χ1v) is 5.33. The van der Waals surface area contributed by atoms with E-state index in [9.17, 15) is 5.21 Å². The lowest BCUT2D eigenvalue weighted by atomic mass is 10.2. The molecule has 0 saturated carbocycles. The van der Waals surface area contributed by atoms with Crippen molar-refractivity contribution in [3.05, 3.63) is 35.3 Å². The standard InChI is InChI=1S/C11H16N2O2/c14-13-5-2-1-3-11(13)4-6-12-7-9-15-10-8-12/h1-3,5H,4,6-10H2. The Morgan fingerprint density at radius 1 is 1.33 bits per heavy atom. The largest absolute Gasteiger partial charge is 0.619 e. The van der Waals surface area contributed by atoms with E-state index in [1.807, 2.05) is 12.1 Å². The number of rotatable bonds is 3. The Bertz CT molecular complexity index is 311. The first-order valence-electron chi connectivity index (χ1n) is 5.33. The minimum Gasteiger partial charge on any atom is -0.619 e. The fourth-order valence-electron chi connectivity index (χ4n) is 1.75. The number of pyridine rings is 1. The molecule has 4 heteroatoms. The zero-order chi connectivity index (χ0) is 10.5. The normalized spacial score (nSPS) is 17.9. The molecule has 0 amide bonds. The van der Waals surface area contributed by atoms with Gasteiger partial charge in [-0.3, -0.25) is 4.90 Å². The van der Waals surface area contributed by atoms with E-state index < -0.39 is 0 Å². The van der Waals surface area contributed by atoms with Gasteiger partial charge in [-0.25, -0.2) is 0 Å². The van der Waals surface area contributed by atoms with Crippen LogP contribution in [0.15, 0.2) is 24.4 Å². The summed E-state index contributed by atoms with van der Waals surface area (Å²) in [4.78, 5) is 2.33. The van der Waals surface area contributed by atoms with E-state index in [0.29, 0.717) is 0 Å². The van der Waals surface area contributed by atoms with Gasteiger partial charge in [0.2, 0.25) is 0 Å². The van der Waals surface area contributed by atoms with Crippen LogP contribution in [0.4, 0.5) is 0 Å². The average Bonchev–Trinajstić information content (AvgIpc) is 2.29. The summed E-state index contributed by atoms with van der Waals surface area (Å²) >= 11 is 0. The molecule has 0 N–H and O–H groups in total. The molecule has 1 saturated heterocycles. The van der Waals surface area contributed by atoms with Crippen molar-refractivity contribution >= 4 is 0 Å². The number of morpholine rings is 1. The van der Waals surface area contributed by atoms with Crippen molar-refractivity contribution in [3.8, 4) is 0 Å². The van der Waals surface area contributed by atoms with Crippen molar-refractivity contribution in [1.29, 1.82) is 0 Å². The van der Waals surface area contributed by atoms with Crippen LogP contribution in [-0.4, -0.2) is 37.7 Å². The fourth-order valence-corrected chi connectivity index (χ4v) is 1.75. The topological polar surface area (TPSA) is 39.4 Å². The zero-order valence-corrected chi connectivity index (χ0v) is 8.76. The van der Waals surface area contributed by atoms with Gasteiger partial charge in [0.25, 0.3) is 0 Å². The van der Waals surface area contributed by atoms with Crippen LogP contribution in [0.3, 0.4) is 0 Å². The second kappa shape index (κ2) is 5.09. The summed E-state index contributed by atoms with van der Waals surface area (Å²) in [5.74, 6) is 0. The van der Waals surface area contributed by atoms with Crippen LogP contribution in [0.2, 0.25) is 0 Å². The zero-order valence-electron chi connectivity index (χ0n) is 8.76. The van der Waals surface area contributed by atoms with Crippen LogP contribution < -0.4 is 4.73 Å². The number of hydrogen-bond acceptors (Lipinski definition) is 3. The Morgan fingerprint density at radius 3 is 2.87 bits per heavy atom. The monoisotopic (exact) mass is 208 g/mol. The molecule has 1 aromatic heterocycles.